The van der Waals surface area contributed by atoms with Gasteiger partial charge >= 0.3 is 0 Å². The zero-order chi connectivity index (χ0) is 13.5. The molecular weight excluding hydrogens is 248 g/mol. The maximum absolute atomic E-state index is 8.65. The first-order valence-corrected chi connectivity index (χ1v) is 6.49. The highest BCUT2D eigenvalue weighted by Gasteiger charge is 2.34. The molecule has 0 saturated carbocycles. The first-order valence-electron chi connectivity index (χ1n) is 6.11. The molecule has 98 valence electrons. The van der Waals surface area contributed by atoms with Gasteiger partial charge in [0.1, 0.15) is 0 Å². The van der Waals surface area contributed by atoms with E-state index >= 15 is 0 Å². The molecule has 1 atom stereocenters. The Morgan fingerprint density at radius 1 is 1.50 bits per heavy atom. The largest absolute Gasteiger partial charge is 0.411 e. The van der Waals surface area contributed by atoms with E-state index in [4.69, 9.17) is 16.8 Å². The van der Waals surface area contributed by atoms with Crippen LogP contribution < -0.4 is 4.90 Å². The lowest BCUT2D eigenvalue weighted by atomic mass is 9.80. The number of benzene rings is 1. The second-order valence-corrected chi connectivity index (χ2v) is 6.06. The lowest BCUT2D eigenvalue weighted by molar-refractivity contribution is 0.322. The van der Waals surface area contributed by atoms with Crippen molar-refractivity contribution in [3.63, 3.8) is 0 Å². The third-order valence-electron chi connectivity index (χ3n) is 3.95. The summed E-state index contributed by atoms with van der Waals surface area (Å²) in [5.41, 5.74) is 3.32. The van der Waals surface area contributed by atoms with E-state index in [2.05, 4.69) is 37.9 Å². The van der Waals surface area contributed by atoms with Crippen LogP contribution in [0.2, 0.25) is 5.02 Å². The topological polar surface area (TPSA) is 35.8 Å². The summed E-state index contributed by atoms with van der Waals surface area (Å²) in [7, 11) is 2.10. The number of anilines is 1. The average Bonchev–Trinajstić information content (AvgIpc) is 2.28. The third-order valence-corrected chi connectivity index (χ3v) is 4.28. The summed E-state index contributed by atoms with van der Waals surface area (Å²) in [6, 6.07) is 3.99. The fourth-order valence-corrected chi connectivity index (χ4v) is 2.97. The predicted molar refractivity (Wildman–Crippen MR) is 76.3 cm³/mol. The van der Waals surface area contributed by atoms with Gasteiger partial charge in [-0.05, 0) is 43.9 Å². The van der Waals surface area contributed by atoms with Crippen molar-refractivity contribution >= 4 is 23.5 Å². The summed E-state index contributed by atoms with van der Waals surface area (Å²) in [6.07, 6.45) is 2.48. The van der Waals surface area contributed by atoms with E-state index in [1.165, 1.54) is 17.5 Å². The van der Waals surface area contributed by atoms with E-state index in [1.807, 2.05) is 12.1 Å². The second-order valence-electron chi connectivity index (χ2n) is 5.65. The Hall–Kier alpha value is -1.22. The maximum atomic E-state index is 8.65. The Morgan fingerprint density at radius 2 is 2.17 bits per heavy atom. The molecule has 0 radical (unpaired) electrons. The monoisotopic (exact) mass is 266 g/mol. The van der Waals surface area contributed by atoms with Crippen LogP contribution in [0.3, 0.4) is 0 Å². The Labute approximate surface area is 113 Å². The standard InChI is InChI=1S/C14H19ClN2O/c1-9-7-14(2,3)17(4)13-6-12(15)10(8-16-18)5-11(9)13/h5-6,8-9,18H,7H2,1-4H3/t9-/m1/s1. The number of halogens is 1. The smallest absolute Gasteiger partial charge is 0.0748 e. The average molecular weight is 267 g/mol. The summed E-state index contributed by atoms with van der Waals surface area (Å²) < 4.78 is 0. The molecular formula is C14H19ClN2O. The van der Waals surface area contributed by atoms with Gasteiger partial charge in [0.15, 0.2) is 0 Å². The van der Waals surface area contributed by atoms with Crippen LogP contribution in [-0.2, 0) is 0 Å². The summed E-state index contributed by atoms with van der Waals surface area (Å²) in [6.45, 7) is 6.70. The Balaban J connectivity index is 2.58. The molecule has 0 unspecified atom stereocenters. The van der Waals surface area contributed by atoms with E-state index in [1.54, 1.807) is 0 Å². The van der Waals surface area contributed by atoms with Crippen molar-refractivity contribution in [2.24, 2.45) is 5.16 Å². The molecule has 1 aliphatic rings. The van der Waals surface area contributed by atoms with Gasteiger partial charge in [-0.1, -0.05) is 23.7 Å². The van der Waals surface area contributed by atoms with Crippen LogP contribution in [0.1, 0.15) is 44.2 Å². The number of hydrogen-bond donors (Lipinski definition) is 1. The molecule has 2 rings (SSSR count). The number of oxime groups is 1. The second kappa shape index (κ2) is 4.47. The summed E-state index contributed by atoms with van der Waals surface area (Å²) in [5.74, 6) is 0.467. The molecule has 1 N–H and O–H groups in total. The molecule has 0 aromatic heterocycles. The van der Waals surface area contributed by atoms with E-state index in [0.29, 0.717) is 10.9 Å². The van der Waals surface area contributed by atoms with Gasteiger partial charge in [0.05, 0.1) is 11.2 Å². The van der Waals surface area contributed by atoms with Crippen molar-refractivity contribution in [3.05, 3.63) is 28.3 Å². The fraction of sp³-hybridized carbons (Fsp3) is 0.500. The fourth-order valence-electron chi connectivity index (χ4n) is 2.77. The van der Waals surface area contributed by atoms with Crippen LogP contribution in [0.25, 0.3) is 0 Å². The number of hydrogen-bond acceptors (Lipinski definition) is 3. The Morgan fingerprint density at radius 3 is 2.78 bits per heavy atom. The molecule has 0 saturated heterocycles. The van der Waals surface area contributed by atoms with Gasteiger partial charge in [-0.2, -0.15) is 0 Å². The van der Waals surface area contributed by atoms with Gasteiger partial charge in [0.2, 0.25) is 0 Å². The minimum absolute atomic E-state index is 0.127. The van der Waals surface area contributed by atoms with Gasteiger partial charge in [0.25, 0.3) is 0 Å². The molecule has 3 nitrogen and oxygen atoms in total. The molecule has 1 aromatic carbocycles. The van der Waals surface area contributed by atoms with Gasteiger partial charge in [-0.3, -0.25) is 0 Å². The normalized spacial score (nSPS) is 22.3. The minimum atomic E-state index is 0.127. The van der Waals surface area contributed by atoms with Crippen molar-refractivity contribution in [2.75, 3.05) is 11.9 Å². The lowest BCUT2D eigenvalue weighted by Gasteiger charge is -2.45. The van der Waals surface area contributed by atoms with Crippen molar-refractivity contribution in [1.29, 1.82) is 0 Å². The first-order chi connectivity index (χ1) is 8.36. The van der Waals surface area contributed by atoms with Gasteiger partial charge in [0, 0.05) is 23.8 Å². The van der Waals surface area contributed by atoms with E-state index in [0.717, 1.165) is 12.0 Å². The molecule has 0 aliphatic carbocycles. The first kappa shape index (κ1) is 13.2. The predicted octanol–water partition coefficient (Wildman–Crippen LogP) is 3.87. The molecule has 0 bridgehead atoms. The van der Waals surface area contributed by atoms with Gasteiger partial charge in [-0.15, -0.1) is 0 Å². The maximum Gasteiger partial charge on any atom is 0.0748 e. The van der Waals surface area contributed by atoms with Crippen molar-refractivity contribution in [1.82, 2.24) is 0 Å². The van der Waals surface area contributed by atoms with Crippen LogP contribution in [-0.4, -0.2) is 24.0 Å². The summed E-state index contributed by atoms with van der Waals surface area (Å²) >= 11 is 6.22. The van der Waals surface area contributed by atoms with Crippen molar-refractivity contribution in [2.45, 2.75) is 38.6 Å². The number of nitrogens with zero attached hydrogens (tertiary/aromatic N) is 2. The minimum Gasteiger partial charge on any atom is -0.411 e. The molecule has 0 spiro atoms. The van der Waals surface area contributed by atoms with Crippen molar-refractivity contribution in [3.8, 4) is 0 Å². The highest BCUT2D eigenvalue weighted by Crippen LogP contribution is 2.43. The Bertz CT molecular complexity index is 497. The molecule has 1 heterocycles. The number of fused-ring (bicyclic) bond motifs is 1. The van der Waals surface area contributed by atoms with Crippen LogP contribution >= 0.6 is 11.6 Å². The summed E-state index contributed by atoms with van der Waals surface area (Å²) in [5, 5.41) is 12.3. The zero-order valence-electron chi connectivity index (χ0n) is 11.2. The van der Waals surface area contributed by atoms with Crippen LogP contribution in [0.15, 0.2) is 17.3 Å². The molecule has 1 aromatic rings. The van der Waals surface area contributed by atoms with Gasteiger partial charge in [-0.25, -0.2) is 0 Å². The van der Waals surface area contributed by atoms with Crippen LogP contribution in [0.5, 0.6) is 0 Å². The summed E-state index contributed by atoms with van der Waals surface area (Å²) in [4.78, 5) is 2.27. The quantitative estimate of drug-likeness (QED) is 0.476. The highest BCUT2D eigenvalue weighted by molar-refractivity contribution is 6.33. The zero-order valence-corrected chi connectivity index (χ0v) is 12.0. The van der Waals surface area contributed by atoms with E-state index in [9.17, 15) is 0 Å². The molecule has 0 fully saturated rings. The third kappa shape index (κ3) is 2.07. The Kier molecular flexibility index (Phi) is 3.28. The SMILES string of the molecule is C[C@@H]1CC(C)(C)N(C)c2cc(Cl)c(C=NO)cc21. The van der Waals surface area contributed by atoms with E-state index < -0.39 is 0 Å². The molecule has 0 amide bonds. The molecule has 4 heteroatoms. The molecule has 18 heavy (non-hydrogen) atoms. The lowest BCUT2D eigenvalue weighted by Crippen LogP contribution is -2.45. The number of rotatable bonds is 1. The van der Waals surface area contributed by atoms with Crippen molar-refractivity contribution < 1.29 is 5.21 Å². The molecule has 1 aliphatic heterocycles. The highest BCUT2D eigenvalue weighted by atomic mass is 35.5. The van der Waals surface area contributed by atoms with Crippen LogP contribution in [0.4, 0.5) is 5.69 Å². The van der Waals surface area contributed by atoms with E-state index in [-0.39, 0.29) is 5.54 Å². The van der Waals surface area contributed by atoms with Crippen LogP contribution in [0, 0.1) is 0 Å². The van der Waals surface area contributed by atoms with Gasteiger partial charge < -0.3 is 10.1 Å².